The fraction of sp³-hybridized carbons (Fsp3) is 0.360. The number of benzene rings is 2. The molecule has 0 fully saturated rings. The molecule has 1 atom stereocenters. The van der Waals surface area contributed by atoms with Gasteiger partial charge in [-0.1, -0.05) is 48.5 Å². The van der Waals surface area contributed by atoms with Gasteiger partial charge in [0.2, 0.25) is 0 Å². The molecule has 3 aromatic rings. The Hall–Kier alpha value is -3.12. The molecule has 0 bridgehead atoms. The number of amides is 1. The summed E-state index contributed by atoms with van der Waals surface area (Å²) < 4.78 is 7.39. The number of nitrogens with zero attached hydrogens (tertiary/aromatic N) is 2. The largest absolute Gasteiger partial charge is 0.449 e. The summed E-state index contributed by atoms with van der Waals surface area (Å²) in [6.45, 7) is 6.20. The number of hydrogen-bond donors (Lipinski definition) is 2. The van der Waals surface area contributed by atoms with Gasteiger partial charge in [-0.15, -0.1) is 0 Å². The summed E-state index contributed by atoms with van der Waals surface area (Å²) >= 11 is 0. The van der Waals surface area contributed by atoms with Crippen molar-refractivity contribution in [1.29, 1.82) is 0 Å². The summed E-state index contributed by atoms with van der Waals surface area (Å²) in [6.07, 6.45) is 4.18. The number of nitrogens with two attached hydrogens (primary N) is 1. The van der Waals surface area contributed by atoms with Crippen molar-refractivity contribution in [3.63, 3.8) is 0 Å². The number of aryl methyl sites for hydroxylation is 1. The van der Waals surface area contributed by atoms with E-state index in [1.54, 1.807) is 6.33 Å². The first-order valence-corrected chi connectivity index (χ1v) is 10.7. The first-order valence-electron chi connectivity index (χ1n) is 10.7. The summed E-state index contributed by atoms with van der Waals surface area (Å²) in [7, 11) is 1.98. The molecule has 31 heavy (non-hydrogen) atoms. The van der Waals surface area contributed by atoms with Gasteiger partial charge in [-0.2, -0.15) is 0 Å². The fourth-order valence-electron chi connectivity index (χ4n) is 3.79. The molecule has 0 radical (unpaired) electrons. The van der Waals surface area contributed by atoms with Crippen molar-refractivity contribution in [3.8, 4) is 11.1 Å². The summed E-state index contributed by atoms with van der Waals surface area (Å²) in [6, 6.07) is 16.9. The Morgan fingerprint density at radius 3 is 2.16 bits per heavy atom. The van der Waals surface area contributed by atoms with E-state index >= 15 is 0 Å². The van der Waals surface area contributed by atoms with Crippen LogP contribution in [0.15, 0.2) is 61.1 Å². The number of ether oxygens (including phenoxy) is 1. The van der Waals surface area contributed by atoms with Crippen molar-refractivity contribution in [1.82, 2.24) is 14.9 Å². The van der Waals surface area contributed by atoms with Crippen molar-refractivity contribution in [2.24, 2.45) is 12.8 Å². The van der Waals surface area contributed by atoms with Crippen LogP contribution in [-0.2, 0) is 18.2 Å². The lowest BCUT2D eigenvalue weighted by Crippen LogP contribution is -2.31. The zero-order valence-corrected chi connectivity index (χ0v) is 18.7. The van der Waals surface area contributed by atoms with Gasteiger partial charge in [-0.3, -0.25) is 0 Å². The summed E-state index contributed by atoms with van der Waals surface area (Å²) in [5.74, 6) is 0.121. The second kappa shape index (κ2) is 10.3. The number of alkyl carbamates (subject to hydrolysis) is 1. The van der Waals surface area contributed by atoms with E-state index in [4.69, 9.17) is 10.5 Å². The number of nitrogens with one attached hydrogen (secondary N) is 1. The number of fused-ring (bicyclic) bond motifs is 3. The number of carbonyl (C=O) groups is 1. The molecule has 6 nitrogen and oxygen atoms in total. The van der Waals surface area contributed by atoms with Crippen molar-refractivity contribution < 1.29 is 9.53 Å². The predicted molar refractivity (Wildman–Crippen MR) is 124 cm³/mol. The first kappa shape index (κ1) is 22.6. The van der Waals surface area contributed by atoms with Crippen molar-refractivity contribution in [2.45, 2.75) is 45.2 Å². The van der Waals surface area contributed by atoms with Gasteiger partial charge >= 0.3 is 6.09 Å². The van der Waals surface area contributed by atoms with Crippen LogP contribution in [0, 0.1) is 0 Å². The highest BCUT2D eigenvalue weighted by atomic mass is 16.5. The van der Waals surface area contributed by atoms with Gasteiger partial charge in [0.05, 0.1) is 6.33 Å². The molecule has 0 saturated heterocycles. The van der Waals surface area contributed by atoms with Gasteiger partial charge in [0.15, 0.2) is 0 Å². The molecule has 0 aliphatic heterocycles. The summed E-state index contributed by atoms with van der Waals surface area (Å²) in [5.41, 5.74) is 11.7. The lowest BCUT2D eigenvalue weighted by Gasteiger charge is -2.15. The van der Waals surface area contributed by atoms with Gasteiger partial charge in [0, 0.05) is 43.4 Å². The third kappa shape index (κ3) is 5.73. The molecular formula is C25H32N4O2. The Balaban J connectivity index is 0.000000229. The molecule has 4 rings (SSSR count). The molecule has 1 aliphatic rings. The topological polar surface area (TPSA) is 82.2 Å². The van der Waals surface area contributed by atoms with Crippen LogP contribution in [0.4, 0.5) is 4.79 Å². The van der Waals surface area contributed by atoms with E-state index in [1.165, 1.54) is 27.9 Å². The van der Waals surface area contributed by atoms with Gasteiger partial charge < -0.3 is 20.4 Å². The molecule has 1 unspecified atom stereocenters. The molecule has 3 N–H and O–H groups in total. The van der Waals surface area contributed by atoms with E-state index in [9.17, 15) is 4.79 Å². The lowest BCUT2D eigenvalue weighted by atomic mass is 9.98. The highest BCUT2D eigenvalue weighted by Gasteiger charge is 2.28. The molecule has 2 aromatic carbocycles. The van der Waals surface area contributed by atoms with Gasteiger partial charge in [0.1, 0.15) is 6.61 Å². The maximum Gasteiger partial charge on any atom is 0.407 e. The highest BCUT2D eigenvalue weighted by Crippen LogP contribution is 2.44. The molecule has 1 aliphatic carbocycles. The van der Waals surface area contributed by atoms with Crippen LogP contribution in [0.5, 0.6) is 0 Å². The molecule has 164 valence electrons. The number of rotatable bonds is 5. The Morgan fingerprint density at radius 1 is 1.10 bits per heavy atom. The molecule has 1 heterocycles. The minimum Gasteiger partial charge on any atom is -0.449 e. The number of aromatic nitrogens is 2. The Morgan fingerprint density at radius 2 is 1.68 bits per heavy atom. The third-order valence-electron chi connectivity index (χ3n) is 5.20. The van der Waals surface area contributed by atoms with Crippen LogP contribution < -0.4 is 11.1 Å². The van der Waals surface area contributed by atoms with Crippen LogP contribution in [0.25, 0.3) is 11.1 Å². The Bertz CT molecular complexity index is 965. The number of carbonyl (C=O) groups excluding carboxylic acids is 1. The van der Waals surface area contributed by atoms with Crippen LogP contribution >= 0.6 is 0 Å². The van der Waals surface area contributed by atoms with Crippen LogP contribution in [-0.4, -0.2) is 34.3 Å². The van der Waals surface area contributed by atoms with Crippen molar-refractivity contribution >= 4 is 6.09 Å². The van der Waals surface area contributed by atoms with Crippen molar-refractivity contribution in [3.05, 3.63) is 77.9 Å². The first-order chi connectivity index (χ1) is 14.9. The van der Waals surface area contributed by atoms with Crippen LogP contribution in [0.1, 0.15) is 43.5 Å². The van der Waals surface area contributed by atoms with Gasteiger partial charge in [-0.05, 0) is 43.0 Å². The smallest absolute Gasteiger partial charge is 0.407 e. The maximum atomic E-state index is 11.7. The predicted octanol–water partition coefficient (Wildman–Crippen LogP) is 4.24. The fourth-order valence-corrected chi connectivity index (χ4v) is 3.79. The minimum atomic E-state index is -0.355. The molecular weight excluding hydrogens is 388 g/mol. The second-order valence-electron chi connectivity index (χ2n) is 8.30. The second-order valence-corrected chi connectivity index (χ2v) is 8.30. The lowest BCUT2D eigenvalue weighted by molar-refractivity contribution is 0.140. The number of imidazole rings is 1. The molecule has 0 saturated carbocycles. The van der Waals surface area contributed by atoms with E-state index in [0.29, 0.717) is 6.61 Å². The zero-order valence-electron chi connectivity index (χ0n) is 18.7. The summed E-state index contributed by atoms with van der Waals surface area (Å²) in [5, 5.41) is 2.75. The Kier molecular flexibility index (Phi) is 7.47. The van der Waals surface area contributed by atoms with E-state index in [1.807, 2.05) is 62.8 Å². The van der Waals surface area contributed by atoms with E-state index in [0.717, 1.165) is 6.42 Å². The van der Waals surface area contributed by atoms with E-state index in [-0.39, 0.29) is 24.1 Å². The summed E-state index contributed by atoms with van der Waals surface area (Å²) in [4.78, 5) is 15.7. The maximum absolute atomic E-state index is 11.7. The van der Waals surface area contributed by atoms with E-state index < -0.39 is 0 Å². The normalized spacial score (nSPS) is 13.1. The van der Waals surface area contributed by atoms with E-state index in [2.05, 4.69) is 34.6 Å². The zero-order chi connectivity index (χ0) is 22.4. The minimum absolute atomic E-state index is 0.0839. The molecule has 1 aromatic heterocycles. The average molecular weight is 421 g/mol. The van der Waals surface area contributed by atoms with Gasteiger partial charge in [0.25, 0.3) is 0 Å². The van der Waals surface area contributed by atoms with Crippen LogP contribution in [0.2, 0.25) is 0 Å². The highest BCUT2D eigenvalue weighted by molar-refractivity contribution is 5.79. The van der Waals surface area contributed by atoms with Crippen LogP contribution in [0.3, 0.4) is 0 Å². The number of hydrogen-bond acceptors (Lipinski definition) is 4. The Labute approximate surface area is 184 Å². The standard InChI is InChI=1S/C18H19NO2.C7H13N3/c1-12(2)19-18(20)21-11-17-15-9-5-3-7-13(15)14-8-4-6-10-16(14)17;1-6(8)3-7-4-9-5-10(7)2/h3-10,12,17H,11H2,1-2H3,(H,19,20);4-6H,3,8H2,1-2H3. The molecule has 1 amide bonds. The molecule has 0 spiro atoms. The van der Waals surface area contributed by atoms with Crippen molar-refractivity contribution in [2.75, 3.05) is 6.61 Å². The average Bonchev–Trinajstić information content (AvgIpc) is 3.27. The quantitative estimate of drug-likeness (QED) is 0.647. The molecule has 6 heteroatoms. The van der Waals surface area contributed by atoms with Gasteiger partial charge in [-0.25, -0.2) is 9.78 Å². The monoisotopic (exact) mass is 420 g/mol. The SMILES string of the molecule is CC(C)NC(=O)OCC1c2ccccc2-c2ccccc21.CC(N)Cc1cncn1C. The third-order valence-corrected chi connectivity index (χ3v) is 5.20.